The van der Waals surface area contributed by atoms with E-state index in [2.05, 4.69) is 20.8 Å². The Labute approximate surface area is 146 Å². The summed E-state index contributed by atoms with van der Waals surface area (Å²) in [7, 11) is 1.84. The van der Waals surface area contributed by atoms with Crippen LogP contribution >= 0.6 is 15.9 Å². The van der Waals surface area contributed by atoms with Gasteiger partial charge >= 0.3 is 0 Å². The van der Waals surface area contributed by atoms with Crippen LogP contribution in [0.1, 0.15) is 42.5 Å². The number of carbonyl (C=O) groups excluding carboxylic acids is 1. The molecule has 1 aliphatic heterocycles. The minimum Gasteiger partial charge on any atom is -0.391 e. The molecule has 1 saturated heterocycles. The Morgan fingerprint density at radius 3 is 2.48 bits per heavy atom. The largest absolute Gasteiger partial charge is 0.391 e. The second kappa shape index (κ2) is 7.32. The topological polar surface area (TPSA) is 43.8 Å². The summed E-state index contributed by atoms with van der Waals surface area (Å²) in [5.41, 5.74) is 0.675. The second-order valence-corrected chi connectivity index (χ2v) is 7.64. The lowest BCUT2D eigenvalue weighted by molar-refractivity contribution is -0.0149. The minimum absolute atomic E-state index is 0.00681. The molecule has 4 nitrogen and oxygen atoms in total. The number of hydrogen-bond donors (Lipinski definition) is 1. The van der Waals surface area contributed by atoms with Gasteiger partial charge in [-0.05, 0) is 69.5 Å². The van der Waals surface area contributed by atoms with Crippen LogP contribution in [-0.4, -0.2) is 59.1 Å². The van der Waals surface area contributed by atoms with E-state index in [0.717, 1.165) is 36.8 Å². The van der Waals surface area contributed by atoms with Gasteiger partial charge in [-0.25, -0.2) is 0 Å². The zero-order chi connectivity index (χ0) is 16.4. The van der Waals surface area contributed by atoms with Crippen LogP contribution in [0.5, 0.6) is 0 Å². The van der Waals surface area contributed by atoms with Gasteiger partial charge in [0.05, 0.1) is 12.1 Å². The maximum absolute atomic E-state index is 12.8. The molecule has 0 aromatic heterocycles. The number of aliphatic hydroxyl groups excluding tert-OH is 1. The molecular formula is C18H25BrN2O2. The number of amides is 1. The lowest BCUT2D eigenvalue weighted by Crippen LogP contribution is -2.58. The molecular weight excluding hydrogens is 356 g/mol. The molecule has 1 saturated carbocycles. The van der Waals surface area contributed by atoms with Crippen LogP contribution in [0.15, 0.2) is 28.7 Å². The number of halogens is 1. The molecule has 1 aliphatic carbocycles. The van der Waals surface area contributed by atoms with Crippen LogP contribution in [-0.2, 0) is 0 Å². The highest BCUT2D eigenvalue weighted by atomic mass is 79.9. The maximum Gasteiger partial charge on any atom is 0.253 e. The fourth-order valence-electron chi connectivity index (χ4n) is 4.05. The van der Waals surface area contributed by atoms with Crippen molar-refractivity contribution in [2.24, 2.45) is 0 Å². The standard InChI is InChI=1S/C18H25BrN2O2/c1-20(18(23)13-7-9-14(19)10-8-13)17-15(5-4-6-16(17)22)21-11-2-3-12-21/h7-10,15-17,22H,2-6,11-12H2,1H3/t15-,16+,17+/m0/s1. The first kappa shape index (κ1) is 16.9. The number of benzene rings is 1. The Bertz CT molecular complexity index is 542. The van der Waals surface area contributed by atoms with E-state index in [4.69, 9.17) is 0 Å². The predicted octanol–water partition coefficient (Wildman–Crippen LogP) is 2.90. The van der Waals surface area contributed by atoms with E-state index in [0.29, 0.717) is 5.56 Å². The van der Waals surface area contributed by atoms with E-state index in [-0.39, 0.29) is 18.0 Å². The molecule has 1 heterocycles. The van der Waals surface area contributed by atoms with Crippen LogP contribution in [0, 0.1) is 0 Å². The minimum atomic E-state index is -0.432. The average Bonchev–Trinajstić information content (AvgIpc) is 3.08. The molecule has 0 spiro atoms. The molecule has 0 unspecified atom stereocenters. The first-order valence-corrected chi connectivity index (χ1v) is 9.32. The molecule has 126 valence electrons. The van der Waals surface area contributed by atoms with Crippen molar-refractivity contribution in [1.82, 2.24) is 9.80 Å². The van der Waals surface area contributed by atoms with Gasteiger partial charge in [0, 0.05) is 23.1 Å². The third-order valence-corrected chi connectivity index (χ3v) is 5.79. The molecule has 2 fully saturated rings. The van der Waals surface area contributed by atoms with Crippen LogP contribution in [0.25, 0.3) is 0 Å². The molecule has 1 N–H and O–H groups in total. The number of carbonyl (C=O) groups is 1. The third-order valence-electron chi connectivity index (χ3n) is 5.26. The van der Waals surface area contributed by atoms with Crippen molar-refractivity contribution in [2.45, 2.75) is 50.3 Å². The number of likely N-dealkylation sites (tertiary alicyclic amines) is 1. The van der Waals surface area contributed by atoms with Crippen molar-refractivity contribution < 1.29 is 9.90 Å². The van der Waals surface area contributed by atoms with E-state index >= 15 is 0 Å². The van der Waals surface area contributed by atoms with Gasteiger partial charge < -0.3 is 10.0 Å². The maximum atomic E-state index is 12.8. The number of aliphatic hydroxyl groups is 1. The van der Waals surface area contributed by atoms with E-state index in [1.807, 2.05) is 31.3 Å². The molecule has 0 radical (unpaired) electrons. The molecule has 2 aliphatic rings. The first-order chi connectivity index (χ1) is 11.1. The molecule has 3 rings (SSSR count). The van der Waals surface area contributed by atoms with Crippen LogP contribution in [0.2, 0.25) is 0 Å². The van der Waals surface area contributed by atoms with E-state index in [1.54, 1.807) is 4.90 Å². The van der Waals surface area contributed by atoms with Gasteiger partial charge in [-0.15, -0.1) is 0 Å². The summed E-state index contributed by atoms with van der Waals surface area (Å²) >= 11 is 3.40. The second-order valence-electron chi connectivity index (χ2n) is 6.72. The van der Waals surface area contributed by atoms with Crippen molar-refractivity contribution in [3.05, 3.63) is 34.3 Å². The number of likely N-dealkylation sites (N-methyl/N-ethyl adjacent to an activating group) is 1. The smallest absolute Gasteiger partial charge is 0.253 e. The summed E-state index contributed by atoms with van der Waals surface area (Å²) < 4.78 is 0.962. The summed E-state index contributed by atoms with van der Waals surface area (Å²) in [4.78, 5) is 17.1. The Morgan fingerprint density at radius 2 is 1.83 bits per heavy atom. The molecule has 5 heteroatoms. The zero-order valence-corrected chi connectivity index (χ0v) is 15.2. The van der Waals surface area contributed by atoms with E-state index < -0.39 is 6.10 Å². The quantitative estimate of drug-likeness (QED) is 0.876. The van der Waals surface area contributed by atoms with Crippen LogP contribution in [0.3, 0.4) is 0 Å². The zero-order valence-electron chi connectivity index (χ0n) is 13.6. The van der Waals surface area contributed by atoms with Gasteiger partial charge in [0.1, 0.15) is 0 Å². The molecule has 1 aromatic rings. The Morgan fingerprint density at radius 1 is 1.17 bits per heavy atom. The fraction of sp³-hybridized carbons (Fsp3) is 0.611. The normalized spacial score (nSPS) is 28.7. The molecule has 0 bridgehead atoms. The fourth-order valence-corrected chi connectivity index (χ4v) is 4.32. The van der Waals surface area contributed by atoms with Crippen molar-refractivity contribution in [3.8, 4) is 0 Å². The molecule has 23 heavy (non-hydrogen) atoms. The van der Waals surface area contributed by atoms with Crippen molar-refractivity contribution in [2.75, 3.05) is 20.1 Å². The van der Waals surface area contributed by atoms with Crippen molar-refractivity contribution in [1.29, 1.82) is 0 Å². The summed E-state index contributed by atoms with van der Waals surface area (Å²) in [6, 6.07) is 7.61. The van der Waals surface area contributed by atoms with Crippen LogP contribution in [0.4, 0.5) is 0 Å². The van der Waals surface area contributed by atoms with Gasteiger partial charge in [0.2, 0.25) is 0 Å². The number of rotatable bonds is 3. The van der Waals surface area contributed by atoms with Crippen molar-refractivity contribution >= 4 is 21.8 Å². The number of hydrogen-bond acceptors (Lipinski definition) is 3. The highest BCUT2D eigenvalue weighted by Crippen LogP contribution is 2.30. The van der Waals surface area contributed by atoms with Gasteiger partial charge in [-0.3, -0.25) is 9.69 Å². The highest BCUT2D eigenvalue weighted by Gasteiger charge is 2.40. The monoisotopic (exact) mass is 380 g/mol. The lowest BCUT2D eigenvalue weighted by Gasteiger charge is -2.45. The third kappa shape index (κ3) is 3.62. The van der Waals surface area contributed by atoms with Crippen LogP contribution < -0.4 is 0 Å². The van der Waals surface area contributed by atoms with Gasteiger partial charge in [0.15, 0.2) is 0 Å². The van der Waals surface area contributed by atoms with Gasteiger partial charge in [-0.1, -0.05) is 15.9 Å². The summed E-state index contributed by atoms with van der Waals surface area (Å²) in [5.74, 6) is -0.00681. The SMILES string of the molecule is CN(C(=O)c1ccc(Br)cc1)[C@H]1[C@H](O)CCC[C@@H]1N1CCCC1. The van der Waals surface area contributed by atoms with E-state index in [9.17, 15) is 9.90 Å². The average molecular weight is 381 g/mol. The Kier molecular flexibility index (Phi) is 5.39. The molecule has 1 aromatic carbocycles. The lowest BCUT2D eigenvalue weighted by atomic mass is 9.85. The number of nitrogens with zero attached hydrogens (tertiary/aromatic N) is 2. The van der Waals surface area contributed by atoms with E-state index in [1.165, 1.54) is 12.8 Å². The Hall–Kier alpha value is -0.910. The first-order valence-electron chi connectivity index (χ1n) is 8.53. The molecule has 3 atom stereocenters. The molecule has 1 amide bonds. The van der Waals surface area contributed by atoms with Gasteiger partial charge in [-0.2, -0.15) is 0 Å². The summed E-state index contributed by atoms with van der Waals surface area (Å²) in [5, 5.41) is 10.6. The van der Waals surface area contributed by atoms with Crippen molar-refractivity contribution in [3.63, 3.8) is 0 Å². The highest BCUT2D eigenvalue weighted by molar-refractivity contribution is 9.10. The summed E-state index contributed by atoms with van der Waals surface area (Å²) in [6.45, 7) is 2.18. The predicted molar refractivity (Wildman–Crippen MR) is 94.5 cm³/mol. The summed E-state index contributed by atoms with van der Waals surface area (Å²) in [6.07, 6.45) is 4.91. The van der Waals surface area contributed by atoms with Gasteiger partial charge in [0.25, 0.3) is 5.91 Å². The Balaban J connectivity index is 1.80.